The first-order valence-electron chi connectivity index (χ1n) is 5.43. The second-order valence-electron chi connectivity index (χ2n) is 3.84. The molecular weight excluding hydrogens is 244 g/mol. The van der Waals surface area contributed by atoms with Crippen LogP contribution in [0.4, 0.5) is 0 Å². The molecule has 0 saturated heterocycles. The number of aliphatic hydroxyl groups excluding tert-OH is 1. The summed E-state index contributed by atoms with van der Waals surface area (Å²) in [6.45, 7) is 2.80. The van der Waals surface area contributed by atoms with Crippen molar-refractivity contribution in [3.8, 4) is 0 Å². The van der Waals surface area contributed by atoms with Gasteiger partial charge in [-0.1, -0.05) is 13.3 Å². The number of nitrogens with two attached hydrogens (primary N) is 1. The largest absolute Gasteiger partial charge is 0.447 e. The van der Waals surface area contributed by atoms with E-state index in [2.05, 4.69) is 5.32 Å². The Balaban J connectivity index is 2.41. The fourth-order valence-electron chi connectivity index (χ4n) is 1.40. The normalized spacial score (nSPS) is 13.8. The van der Waals surface area contributed by atoms with Crippen molar-refractivity contribution in [1.82, 2.24) is 5.32 Å². The van der Waals surface area contributed by atoms with Crippen LogP contribution in [0.25, 0.3) is 0 Å². The quantitative estimate of drug-likeness (QED) is 0.650. The monoisotopic (exact) mass is 262 g/mol. The van der Waals surface area contributed by atoms with Gasteiger partial charge in [0.25, 0.3) is 10.0 Å². The molecule has 0 aliphatic carbocycles. The molecule has 6 nitrogen and oxygen atoms in total. The van der Waals surface area contributed by atoms with Crippen LogP contribution in [0.5, 0.6) is 0 Å². The van der Waals surface area contributed by atoms with Gasteiger partial charge in [-0.3, -0.25) is 0 Å². The Morgan fingerprint density at radius 1 is 1.53 bits per heavy atom. The van der Waals surface area contributed by atoms with Crippen LogP contribution in [-0.4, -0.2) is 26.2 Å². The van der Waals surface area contributed by atoms with Gasteiger partial charge in [0, 0.05) is 6.54 Å². The molecule has 1 unspecified atom stereocenters. The fraction of sp³-hybridized carbons (Fsp3) is 0.600. The van der Waals surface area contributed by atoms with Crippen LogP contribution < -0.4 is 10.5 Å². The number of nitrogens with one attached hydrogen (secondary N) is 1. The molecule has 0 aliphatic rings. The van der Waals surface area contributed by atoms with Crippen molar-refractivity contribution < 1.29 is 17.9 Å². The molecule has 0 saturated carbocycles. The summed E-state index contributed by atoms with van der Waals surface area (Å²) >= 11 is 0. The molecule has 1 rings (SSSR count). The highest BCUT2D eigenvalue weighted by molar-refractivity contribution is 7.89. The molecular formula is C10H18N2O4S. The summed E-state index contributed by atoms with van der Waals surface area (Å²) in [5, 5.41) is 17.1. The van der Waals surface area contributed by atoms with Gasteiger partial charge < -0.3 is 14.8 Å². The van der Waals surface area contributed by atoms with E-state index in [4.69, 9.17) is 9.56 Å². The molecule has 7 heteroatoms. The van der Waals surface area contributed by atoms with Gasteiger partial charge in [0.05, 0.1) is 12.6 Å². The molecule has 98 valence electrons. The van der Waals surface area contributed by atoms with Gasteiger partial charge >= 0.3 is 0 Å². The van der Waals surface area contributed by atoms with E-state index in [0.29, 0.717) is 18.8 Å². The van der Waals surface area contributed by atoms with Crippen LogP contribution in [0.2, 0.25) is 0 Å². The first-order valence-corrected chi connectivity index (χ1v) is 6.98. The van der Waals surface area contributed by atoms with E-state index in [1.807, 2.05) is 6.92 Å². The highest BCUT2D eigenvalue weighted by Crippen LogP contribution is 2.11. The average Bonchev–Trinajstić information content (AvgIpc) is 2.66. The van der Waals surface area contributed by atoms with Gasteiger partial charge in [-0.2, -0.15) is 0 Å². The molecule has 0 amide bonds. The van der Waals surface area contributed by atoms with Crippen LogP contribution >= 0.6 is 0 Å². The number of aliphatic hydroxyl groups is 1. The Bertz CT molecular complexity index is 441. The zero-order valence-electron chi connectivity index (χ0n) is 9.72. The Labute approximate surface area is 101 Å². The molecule has 1 aromatic rings. The zero-order valence-corrected chi connectivity index (χ0v) is 10.5. The van der Waals surface area contributed by atoms with Gasteiger partial charge in [-0.15, -0.1) is 0 Å². The van der Waals surface area contributed by atoms with Crippen LogP contribution in [-0.2, 0) is 16.6 Å². The van der Waals surface area contributed by atoms with Crippen molar-refractivity contribution in [2.24, 2.45) is 5.14 Å². The molecule has 4 N–H and O–H groups in total. The zero-order chi connectivity index (χ0) is 12.9. The Morgan fingerprint density at radius 3 is 2.76 bits per heavy atom. The summed E-state index contributed by atoms with van der Waals surface area (Å²) in [7, 11) is -3.78. The number of rotatable bonds is 7. The van der Waals surface area contributed by atoms with Crippen molar-refractivity contribution in [2.45, 2.75) is 37.5 Å². The van der Waals surface area contributed by atoms with E-state index in [0.717, 1.165) is 12.8 Å². The van der Waals surface area contributed by atoms with Crippen LogP contribution in [0.15, 0.2) is 21.6 Å². The molecule has 1 atom stereocenters. The lowest BCUT2D eigenvalue weighted by atomic mass is 10.2. The third-order valence-corrected chi connectivity index (χ3v) is 3.00. The highest BCUT2D eigenvalue weighted by atomic mass is 32.2. The molecule has 0 aromatic carbocycles. The minimum atomic E-state index is -3.78. The summed E-state index contributed by atoms with van der Waals surface area (Å²) in [6, 6.07) is 2.85. The molecule has 0 aliphatic heterocycles. The van der Waals surface area contributed by atoms with Crippen molar-refractivity contribution in [1.29, 1.82) is 0 Å². The summed E-state index contributed by atoms with van der Waals surface area (Å²) in [4.78, 5) is 0. The Kier molecular flexibility index (Phi) is 5.13. The molecule has 1 aromatic heterocycles. The standard InChI is InChI=1S/C10H18N2O4S/c1-2-3-8(13)6-12-7-9-4-5-10(16-9)17(11,14)15/h4-5,8,12-13H,2-3,6-7H2,1H3,(H2,11,14,15). The summed E-state index contributed by atoms with van der Waals surface area (Å²) in [5.41, 5.74) is 0. The molecule has 0 radical (unpaired) electrons. The van der Waals surface area contributed by atoms with Crippen molar-refractivity contribution in [3.05, 3.63) is 17.9 Å². The maximum atomic E-state index is 10.9. The number of hydrogen-bond donors (Lipinski definition) is 3. The molecule has 17 heavy (non-hydrogen) atoms. The lowest BCUT2D eigenvalue weighted by Gasteiger charge is -2.09. The predicted molar refractivity (Wildman–Crippen MR) is 62.7 cm³/mol. The van der Waals surface area contributed by atoms with Gasteiger partial charge in [0.2, 0.25) is 5.09 Å². The van der Waals surface area contributed by atoms with E-state index in [1.165, 1.54) is 6.07 Å². The fourth-order valence-corrected chi connectivity index (χ4v) is 1.88. The van der Waals surface area contributed by atoms with E-state index >= 15 is 0 Å². The van der Waals surface area contributed by atoms with Gasteiger partial charge in [-0.05, 0) is 18.6 Å². The predicted octanol–water partition coefficient (Wildman–Crippen LogP) is 0.178. The summed E-state index contributed by atoms with van der Waals surface area (Å²) in [5.74, 6) is 0.470. The van der Waals surface area contributed by atoms with Gasteiger partial charge in [0.15, 0.2) is 0 Å². The second kappa shape index (κ2) is 6.15. The maximum Gasteiger partial charge on any atom is 0.271 e. The average molecular weight is 262 g/mol. The first-order chi connectivity index (χ1) is 7.93. The Hall–Kier alpha value is -0.890. The minimum Gasteiger partial charge on any atom is -0.447 e. The summed E-state index contributed by atoms with van der Waals surface area (Å²) in [6.07, 6.45) is 1.25. The van der Waals surface area contributed by atoms with Gasteiger partial charge in [0.1, 0.15) is 5.76 Å². The SMILES string of the molecule is CCCC(O)CNCc1ccc(S(N)(=O)=O)o1. The molecule has 0 bridgehead atoms. The lowest BCUT2D eigenvalue weighted by Crippen LogP contribution is -2.26. The minimum absolute atomic E-state index is 0.247. The van der Waals surface area contributed by atoms with E-state index in [-0.39, 0.29) is 5.09 Å². The van der Waals surface area contributed by atoms with Crippen molar-refractivity contribution in [3.63, 3.8) is 0 Å². The van der Waals surface area contributed by atoms with E-state index in [9.17, 15) is 13.5 Å². The first kappa shape index (κ1) is 14.2. The number of furan rings is 1. The highest BCUT2D eigenvalue weighted by Gasteiger charge is 2.13. The molecule has 0 fully saturated rings. The van der Waals surface area contributed by atoms with Crippen molar-refractivity contribution in [2.75, 3.05) is 6.54 Å². The van der Waals surface area contributed by atoms with Crippen LogP contribution in [0.1, 0.15) is 25.5 Å². The molecule has 1 heterocycles. The number of primary sulfonamides is 1. The number of hydrogen-bond acceptors (Lipinski definition) is 5. The summed E-state index contributed by atoms with van der Waals surface area (Å²) < 4.78 is 26.9. The third kappa shape index (κ3) is 4.86. The van der Waals surface area contributed by atoms with E-state index < -0.39 is 16.1 Å². The van der Waals surface area contributed by atoms with Gasteiger partial charge in [-0.25, -0.2) is 13.6 Å². The topological polar surface area (TPSA) is 106 Å². The lowest BCUT2D eigenvalue weighted by molar-refractivity contribution is 0.159. The van der Waals surface area contributed by atoms with Crippen molar-refractivity contribution >= 4 is 10.0 Å². The van der Waals surface area contributed by atoms with Crippen LogP contribution in [0, 0.1) is 0 Å². The second-order valence-corrected chi connectivity index (χ2v) is 5.33. The maximum absolute atomic E-state index is 10.9. The molecule has 0 spiro atoms. The Morgan fingerprint density at radius 2 is 2.24 bits per heavy atom. The third-order valence-electron chi connectivity index (χ3n) is 2.22. The van der Waals surface area contributed by atoms with Crippen LogP contribution in [0.3, 0.4) is 0 Å². The smallest absolute Gasteiger partial charge is 0.271 e. The van der Waals surface area contributed by atoms with E-state index in [1.54, 1.807) is 6.07 Å². The number of sulfonamides is 1.